The maximum absolute atomic E-state index is 12.0. The van der Waals surface area contributed by atoms with Gasteiger partial charge in [0.05, 0.1) is 13.0 Å². The third-order valence-corrected chi connectivity index (χ3v) is 2.42. The van der Waals surface area contributed by atoms with Gasteiger partial charge in [-0.2, -0.15) is 0 Å². The highest BCUT2D eigenvalue weighted by Crippen LogP contribution is 2.11. The van der Waals surface area contributed by atoms with Gasteiger partial charge < -0.3 is 15.2 Å². The highest BCUT2D eigenvalue weighted by molar-refractivity contribution is 5.76. The smallest absolute Gasteiger partial charge is 0.265 e. The molecule has 6 heteroatoms. The molecule has 2 N–H and O–H groups in total. The van der Waals surface area contributed by atoms with E-state index in [1.807, 2.05) is 19.1 Å². The predicted molar refractivity (Wildman–Crippen MR) is 66.3 cm³/mol. The van der Waals surface area contributed by atoms with Gasteiger partial charge >= 0.3 is 0 Å². The van der Waals surface area contributed by atoms with Gasteiger partial charge in [-0.3, -0.25) is 4.79 Å². The van der Waals surface area contributed by atoms with Gasteiger partial charge in [-0.05, 0) is 19.1 Å². The molecule has 0 bridgehead atoms. The lowest BCUT2D eigenvalue weighted by atomic mass is 10.2. The van der Waals surface area contributed by atoms with Crippen molar-refractivity contribution in [3.63, 3.8) is 0 Å². The zero-order valence-electron chi connectivity index (χ0n) is 10.6. The van der Waals surface area contributed by atoms with Gasteiger partial charge in [0.15, 0.2) is 0 Å². The summed E-state index contributed by atoms with van der Waals surface area (Å²) in [5.41, 5.74) is 1.10. The van der Waals surface area contributed by atoms with Crippen LogP contribution in [-0.4, -0.2) is 36.7 Å². The number of carbonyl (C=O) groups is 1. The SMILES string of the molecule is Cc1ccc(OCCC(=O)NCC(O)C(F)F)cc1. The zero-order valence-corrected chi connectivity index (χ0v) is 10.6. The first-order valence-corrected chi connectivity index (χ1v) is 5.91. The molecule has 0 aromatic heterocycles. The van der Waals surface area contributed by atoms with Crippen molar-refractivity contribution in [1.29, 1.82) is 0 Å². The van der Waals surface area contributed by atoms with Gasteiger partial charge in [0.25, 0.3) is 6.43 Å². The molecule has 1 atom stereocenters. The highest BCUT2D eigenvalue weighted by Gasteiger charge is 2.17. The number of rotatable bonds is 7. The molecule has 1 rings (SSSR count). The molecule has 0 aliphatic heterocycles. The number of ether oxygens (including phenoxy) is 1. The molecule has 1 amide bonds. The fourth-order valence-electron chi connectivity index (χ4n) is 1.29. The van der Waals surface area contributed by atoms with Crippen molar-refractivity contribution in [1.82, 2.24) is 5.32 Å². The van der Waals surface area contributed by atoms with Crippen molar-refractivity contribution < 1.29 is 23.4 Å². The monoisotopic (exact) mass is 273 g/mol. The van der Waals surface area contributed by atoms with Gasteiger partial charge in [-0.15, -0.1) is 0 Å². The van der Waals surface area contributed by atoms with Crippen molar-refractivity contribution >= 4 is 5.91 Å². The number of aliphatic hydroxyl groups excluding tert-OH is 1. The van der Waals surface area contributed by atoms with Crippen LogP contribution >= 0.6 is 0 Å². The fraction of sp³-hybridized carbons (Fsp3) is 0.462. The quantitative estimate of drug-likeness (QED) is 0.791. The summed E-state index contributed by atoms with van der Waals surface area (Å²) in [4.78, 5) is 11.3. The molecular formula is C13H17F2NO3. The normalized spacial score (nSPS) is 12.3. The van der Waals surface area contributed by atoms with E-state index < -0.39 is 25.0 Å². The molecule has 1 aromatic rings. The van der Waals surface area contributed by atoms with Gasteiger partial charge in [-0.25, -0.2) is 8.78 Å². The average molecular weight is 273 g/mol. The Hall–Kier alpha value is -1.69. The largest absolute Gasteiger partial charge is 0.493 e. The van der Waals surface area contributed by atoms with E-state index in [1.54, 1.807) is 12.1 Å². The second-order valence-electron chi connectivity index (χ2n) is 4.12. The first kappa shape index (κ1) is 15.4. The number of benzene rings is 1. The van der Waals surface area contributed by atoms with Crippen molar-refractivity contribution in [2.75, 3.05) is 13.2 Å². The summed E-state index contributed by atoms with van der Waals surface area (Å²) in [6.45, 7) is 1.65. The molecule has 106 valence electrons. The van der Waals surface area contributed by atoms with E-state index in [0.29, 0.717) is 5.75 Å². The van der Waals surface area contributed by atoms with E-state index in [9.17, 15) is 13.6 Å². The van der Waals surface area contributed by atoms with Gasteiger partial charge in [0.1, 0.15) is 11.9 Å². The molecule has 4 nitrogen and oxygen atoms in total. The number of carbonyl (C=O) groups excluding carboxylic acids is 1. The van der Waals surface area contributed by atoms with E-state index in [1.165, 1.54) is 0 Å². The minimum atomic E-state index is -2.86. The van der Waals surface area contributed by atoms with E-state index in [-0.39, 0.29) is 13.0 Å². The Balaban J connectivity index is 2.18. The second kappa shape index (κ2) is 7.68. The van der Waals surface area contributed by atoms with E-state index >= 15 is 0 Å². The summed E-state index contributed by atoms with van der Waals surface area (Å²) in [6.07, 6.45) is -4.64. The summed E-state index contributed by atoms with van der Waals surface area (Å²) < 4.78 is 29.2. The molecule has 0 spiro atoms. The van der Waals surface area contributed by atoms with Crippen LogP contribution in [0.4, 0.5) is 8.78 Å². The molecule has 0 radical (unpaired) electrons. The zero-order chi connectivity index (χ0) is 14.3. The van der Waals surface area contributed by atoms with Crippen molar-refractivity contribution in [2.45, 2.75) is 25.9 Å². The van der Waals surface area contributed by atoms with Crippen LogP contribution in [-0.2, 0) is 4.79 Å². The summed E-state index contributed by atoms with van der Waals surface area (Å²) in [5.74, 6) is 0.206. The lowest BCUT2D eigenvalue weighted by Crippen LogP contribution is -2.36. The number of hydrogen-bond acceptors (Lipinski definition) is 3. The van der Waals surface area contributed by atoms with E-state index in [2.05, 4.69) is 5.32 Å². The average Bonchev–Trinajstić information content (AvgIpc) is 2.38. The first-order valence-electron chi connectivity index (χ1n) is 5.91. The standard InChI is InChI=1S/C13H17F2NO3/c1-9-2-4-10(5-3-9)19-7-6-12(18)16-8-11(17)13(14)15/h2-5,11,13,17H,6-8H2,1H3,(H,16,18). The summed E-state index contributed by atoms with van der Waals surface area (Å²) in [6, 6.07) is 7.34. The topological polar surface area (TPSA) is 58.6 Å². The first-order chi connectivity index (χ1) is 8.99. The fourth-order valence-corrected chi connectivity index (χ4v) is 1.29. The number of aliphatic hydroxyl groups is 1. The Morgan fingerprint density at radius 1 is 1.37 bits per heavy atom. The number of amides is 1. The lowest BCUT2D eigenvalue weighted by Gasteiger charge is -2.11. The molecule has 0 aliphatic carbocycles. The van der Waals surface area contributed by atoms with Crippen LogP contribution in [0.5, 0.6) is 5.75 Å². The maximum Gasteiger partial charge on any atom is 0.265 e. The number of alkyl halides is 2. The van der Waals surface area contributed by atoms with Crippen LogP contribution in [0, 0.1) is 6.92 Å². The molecule has 0 saturated carbocycles. The van der Waals surface area contributed by atoms with Crippen molar-refractivity contribution in [2.24, 2.45) is 0 Å². The Kier molecular flexibility index (Phi) is 6.21. The number of hydrogen-bond donors (Lipinski definition) is 2. The molecule has 0 aliphatic rings. The Labute approximate surface area is 110 Å². The lowest BCUT2D eigenvalue weighted by molar-refractivity contribution is -0.122. The molecule has 0 fully saturated rings. The van der Waals surface area contributed by atoms with Gasteiger partial charge in [-0.1, -0.05) is 17.7 Å². The predicted octanol–water partition coefficient (Wildman–Crippen LogP) is 1.51. The summed E-state index contributed by atoms with van der Waals surface area (Å²) >= 11 is 0. The van der Waals surface area contributed by atoms with Crippen LogP contribution in [0.1, 0.15) is 12.0 Å². The molecule has 1 aromatic carbocycles. The Morgan fingerprint density at radius 2 is 2.00 bits per heavy atom. The molecule has 0 saturated heterocycles. The maximum atomic E-state index is 12.0. The van der Waals surface area contributed by atoms with Crippen molar-refractivity contribution in [3.05, 3.63) is 29.8 Å². The summed E-state index contributed by atoms with van der Waals surface area (Å²) in [5, 5.41) is 11.0. The minimum Gasteiger partial charge on any atom is -0.493 e. The minimum absolute atomic E-state index is 0.0455. The highest BCUT2D eigenvalue weighted by atomic mass is 19.3. The van der Waals surface area contributed by atoms with Crippen LogP contribution in [0.15, 0.2) is 24.3 Å². The van der Waals surface area contributed by atoms with Crippen molar-refractivity contribution in [3.8, 4) is 5.75 Å². The van der Waals surface area contributed by atoms with Gasteiger partial charge in [0.2, 0.25) is 5.91 Å². The van der Waals surface area contributed by atoms with Crippen LogP contribution in [0.25, 0.3) is 0 Å². The number of halogens is 2. The third-order valence-electron chi connectivity index (χ3n) is 2.42. The van der Waals surface area contributed by atoms with Crippen LogP contribution in [0.2, 0.25) is 0 Å². The third kappa shape index (κ3) is 6.15. The van der Waals surface area contributed by atoms with E-state index in [4.69, 9.17) is 9.84 Å². The molecule has 0 heterocycles. The van der Waals surface area contributed by atoms with E-state index in [0.717, 1.165) is 5.56 Å². The van der Waals surface area contributed by atoms with Gasteiger partial charge in [0, 0.05) is 6.54 Å². The molecule has 1 unspecified atom stereocenters. The molecular weight excluding hydrogens is 256 g/mol. The Morgan fingerprint density at radius 3 is 2.58 bits per heavy atom. The Bertz CT molecular complexity index is 395. The second-order valence-corrected chi connectivity index (χ2v) is 4.12. The number of nitrogens with one attached hydrogen (secondary N) is 1. The van der Waals surface area contributed by atoms with Crippen LogP contribution in [0.3, 0.4) is 0 Å². The van der Waals surface area contributed by atoms with Crippen LogP contribution < -0.4 is 10.1 Å². The summed E-state index contributed by atoms with van der Waals surface area (Å²) in [7, 11) is 0. The number of aryl methyl sites for hydroxylation is 1. The molecule has 19 heavy (non-hydrogen) atoms.